The third-order valence-electron chi connectivity index (χ3n) is 9.49. The molecule has 0 amide bonds. The zero-order valence-electron chi connectivity index (χ0n) is 27.6. The van der Waals surface area contributed by atoms with E-state index in [1.54, 1.807) is 6.07 Å². The summed E-state index contributed by atoms with van der Waals surface area (Å²) in [4.78, 5) is 10.1. The lowest BCUT2D eigenvalue weighted by Crippen LogP contribution is -2.11. The van der Waals surface area contributed by atoms with E-state index >= 15 is 0 Å². The molecule has 0 radical (unpaired) electrons. The van der Waals surface area contributed by atoms with E-state index in [2.05, 4.69) is 106 Å². The highest BCUT2D eigenvalue weighted by Crippen LogP contribution is 2.44. The highest BCUT2D eigenvalue weighted by Gasteiger charge is 2.23. The zero-order valence-corrected chi connectivity index (χ0v) is 27.6. The maximum absolute atomic E-state index is 11.0. The topological polar surface area (TPSA) is 64.1 Å². The number of imidazole rings is 1. The summed E-state index contributed by atoms with van der Waals surface area (Å²) in [6.07, 6.45) is 1.86. The van der Waals surface area contributed by atoms with Crippen LogP contribution in [0.15, 0.2) is 108 Å². The Morgan fingerprint density at radius 3 is 2.38 bits per heavy atom. The minimum atomic E-state index is -0.0662. The van der Waals surface area contributed by atoms with Crippen molar-refractivity contribution in [1.29, 1.82) is 0 Å². The van der Waals surface area contributed by atoms with Crippen LogP contribution < -0.4 is 0 Å². The van der Waals surface area contributed by atoms with Gasteiger partial charge in [-0.1, -0.05) is 77.1 Å². The Morgan fingerprint density at radius 2 is 1.57 bits per heavy atom. The Hall–Kier alpha value is -5.42. The fourth-order valence-corrected chi connectivity index (χ4v) is 6.81. The van der Waals surface area contributed by atoms with Crippen LogP contribution in [0, 0.1) is 0 Å². The Morgan fingerprint density at radius 1 is 0.745 bits per heavy atom. The number of rotatable bonds is 4. The van der Waals surface area contributed by atoms with Crippen LogP contribution in [0.25, 0.3) is 77.5 Å². The molecule has 3 heterocycles. The highest BCUT2D eigenvalue weighted by molar-refractivity contribution is 6.14. The zero-order chi connectivity index (χ0) is 32.6. The number of furan rings is 1. The molecule has 0 aliphatic rings. The largest absolute Gasteiger partial charge is 0.507 e. The van der Waals surface area contributed by atoms with E-state index in [1.165, 1.54) is 5.56 Å². The molecule has 47 heavy (non-hydrogen) atoms. The molecule has 0 aliphatic heterocycles. The number of fused-ring (bicyclic) bond motifs is 5. The first-order valence-electron chi connectivity index (χ1n) is 16.2. The highest BCUT2D eigenvalue weighted by atomic mass is 16.3. The van der Waals surface area contributed by atoms with Gasteiger partial charge < -0.3 is 14.1 Å². The average molecular weight is 616 g/mol. The predicted molar refractivity (Wildman–Crippen MR) is 194 cm³/mol. The monoisotopic (exact) mass is 615 g/mol. The minimum absolute atomic E-state index is 0.0662. The number of para-hydroxylation sites is 2. The Labute approximate surface area is 274 Å². The van der Waals surface area contributed by atoms with Gasteiger partial charge in [0.2, 0.25) is 0 Å². The number of aromatic hydroxyl groups is 1. The van der Waals surface area contributed by atoms with E-state index in [9.17, 15) is 5.11 Å². The number of phenols is 1. The Kier molecular flexibility index (Phi) is 6.52. The molecule has 232 valence electrons. The first-order chi connectivity index (χ1) is 22.6. The fourth-order valence-electron chi connectivity index (χ4n) is 6.81. The van der Waals surface area contributed by atoms with Crippen molar-refractivity contribution in [3.63, 3.8) is 0 Å². The summed E-state index contributed by atoms with van der Waals surface area (Å²) >= 11 is 0. The summed E-state index contributed by atoms with van der Waals surface area (Å²) in [6, 6.07) is 33.5. The Balaban J connectivity index is 1.43. The second-order valence-corrected chi connectivity index (χ2v) is 13.9. The van der Waals surface area contributed by atoms with Gasteiger partial charge in [-0.25, -0.2) is 4.98 Å². The van der Waals surface area contributed by atoms with Crippen LogP contribution >= 0.6 is 0 Å². The number of aromatic nitrogens is 3. The molecule has 5 nitrogen and oxygen atoms in total. The van der Waals surface area contributed by atoms with Gasteiger partial charge in [0.05, 0.1) is 22.1 Å². The van der Waals surface area contributed by atoms with Crippen molar-refractivity contribution in [2.24, 2.45) is 7.05 Å². The van der Waals surface area contributed by atoms with Gasteiger partial charge in [0.1, 0.15) is 22.7 Å². The van der Waals surface area contributed by atoms with Crippen LogP contribution in [0.1, 0.15) is 51.7 Å². The summed E-state index contributed by atoms with van der Waals surface area (Å²) in [7, 11) is 2.02. The number of hydrogen-bond acceptors (Lipinski definition) is 4. The smallest absolute Gasteiger partial charge is 0.144 e. The van der Waals surface area contributed by atoms with Crippen molar-refractivity contribution in [3.05, 3.63) is 114 Å². The molecule has 1 N–H and O–H groups in total. The van der Waals surface area contributed by atoms with Crippen molar-refractivity contribution in [3.8, 4) is 39.4 Å². The SMILES string of the molecule is CC(C)c1cc(-c2cc(-c3cccc4c3nc(-c3cc(C(C)(C)C)ccc3O)n4C)cc3c2oc2ccccc23)c2ncccc2c1. The van der Waals surface area contributed by atoms with Crippen molar-refractivity contribution >= 4 is 43.9 Å². The molecule has 0 saturated heterocycles. The summed E-state index contributed by atoms with van der Waals surface area (Å²) < 4.78 is 8.70. The molecular formula is C42H37N3O2. The summed E-state index contributed by atoms with van der Waals surface area (Å²) in [5.41, 5.74) is 11.7. The molecule has 8 rings (SSSR count). The van der Waals surface area contributed by atoms with E-state index in [1.807, 2.05) is 37.5 Å². The molecule has 0 saturated carbocycles. The number of pyridine rings is 1. The van der Waals surface area contributed by atoms with Gasteiger partial charge in [0.25, 0.3) is 0 Å². The molecular weight excluding hydrogens is 578 g/mol. The first kappa shape index (κ1) is 29.0. The lowest BCUT2D eigenvalue weighted by atomic mass is 9.86. The number of aryl methyl sites for hydroxylation is 1. The molecule has 0 spiro atoms. The molecule has 0 unspecified atom stereocenters. The minimum Gasteiger partial charge on any atom is -0.507 e. The molecule has 0 bridgehead atoms. The van der Waals surface area contributed by atoms with Gasteiger partial charge in [-0.15, -0.1) is 0 Å². The maximum atomic E-state index is 11.0. The molecule has 0 atom stereocenters. The van der Waals surface area contributed by atoms with Gasteiger partial charge in [-0.3, -0.25) is 4.98 Å². The van der Waals surface area contributed by atoms with Gasteiger partial charge in [0.15, 0.2) is 0 Å². The second-order valence-electron chi connectivity index (χ2n) is 13.9. The molecule has 3 aromatic heterocycles. The number of nitrogens with zero attached hydrogens (tertiary/aromatic N) is 3. The van der Waals surface area contributed by atoms with Crippen LogP contribution in [-0.4, -0.2) is 19.6 Å². The quantitative estimate of drug-likeness (QED) is 0.214. The fraction of sp³-hybridized carbons (Fsp3) is 0.190. The molecule has 0 aliphatic carbocycles. The summed E-state index contributed by atoms with van der Waals surface area (Å²) in [6.45, 7) is 11.0. The number of benzene rings is 5. The van der Waals surface area contributed by atoms with E-state index in [0.29, 0.717) is 5.92 Å². The molecule has 5 aromatic carbocycles. The van der Waals surface area contributed by atoms with Crippen LogP contribution in [0.5, 0.6) is 5.75 Å². The molecule has 8 aromatic rings. The molecule has 5 heteroatoms. The standard InChI is InChI=1S/C42H37N3O2/c1-24(2)26-19-25-11-10-18-43-38(25)31(20-26)33-22-27(21-32-30-12-7-8-15-37(30)47-40(32)33)29-13-9-14-35-39(29)44-41(45(35)6)34-23-28(42(3,4)5)16-17-36(34)46/h7-24,46H,1-6H3. The van der Waals surface area contributed by atoms with Gasteiger partial charge in [-0.05, 0) is 82.6 Å². The second kappa shape index (κ2) is 10.6. The lowest BCUT2D eigenvalue weighted by molar-refractivity contribution is 0.475. The summed E-state index contributed by atoms with van der Waals surface area (Å²) in [5.74, 6) is 1.29. The third-order valence-corrected chi connectivity index (χ3v) is 9.49. The lowest BCUT2D eigenvalue weighted by Gasteiger charge is -2.20. The van der Waals surface area contributed by atoms with E-state index in [0.717, 1.165) is 83.1 Å². The van der Waals surface area contributed by atoms with Crippen molar-refractivity contribution in [2.75, 3.05) is 0 Å². The van der Waals surface area contributed by atoms with Gasteiger partial charge in [0, 0.05) is 46.1 Å². The van der Waals surface area contributed by atoms with Crippen LogP contribution in [0.2, 0.25) is 0 Å². The van der Waals surface area contributed by atoms with E-state index in [4.69, 9.17) is 14.4 Å². The van der Waals surface area contributed by atoms with Crippen LogP contribution in [-0.2, 0) is 12.5 Å². The van der Waals surface area contributed by atoms with Crippen molar-refractivity contribution in [1.82, 2.24) is 14.5 Å². The van der Waals surface area contributed by atoms with E-state index in [-0.39, 0.29) is 11.2 Å². The third kappa shape index (κ3) is 4.68. The molecule has 0 fully saturated rings. The van der Waals surface area contributed by atoms with Gasteiger partial charge in [-0.2, -0.15) is 0 Å². The van der Waals surface area contributed by atoms with E-state index < -0.39 is 0 Å². The maximum Gasteiger partial charge on any atom is 0.144 e. The predicted octanol–water partition coefficient (Wildman–Crippen LogP) is 11.1. The Bertz CT molecular complexity index is 2510. The van der Waals surface area contributed by atoms with Crippen molar-refractivity contribution < 1.29 is 9.52 Å². The van der Waals surface area contributed by atoms with Crippen molar-refractivity contribution in [2.45, 2.75) is 46.0 Å². The normalized spacial score (nSPS) is 12.3. The number of phenolic OH excluding ortho intramolecular Hbond substituents is 1. The summed E-state index contributed by atoms with van der Waals surface area (Å²) in [5, 5.41) is 14.3. The number of hydrogen-bond donors (Lipinski definition) is 1. The average Bonchev–Trinajstić information content (AvgIpc) is 3.61. The van der Waals surface area contributed by atoms with Gasteiger partial charge >= 0.3 is 0 Å². The van der Waals surface area contributed by atoms with Crippen LogP contribution in [0.3, 0.4) is 0 Å². The first-order valence-corrected chi connectivity index (χ1v) is 16.2. The van der Waals surface area contributed by atoms with Crippen LogP contribution in [0.4, 0.5) is 0 Å².